The van der Waals surface area contributed by atoms with E-state index in [0.717, 1.165) is 15.6 Å². The van der Waals surface area contributed by atoms with E-state index < -0.39 is 0 Å². The predicted molar refractivity (Wildman–Crippen MR) is 100.0 cm³/mol. The molecular formula is C19H29IO. The first-order valence-electron chi connectivity index (χ1n) is 8.53. The summed E-state index contributed by atoms with van der Waals surface area (Å²) in [5, 5.41) is 0. The predicted octanol–water partition coefficient (Wildman–Crippen LogP) is 6.78. The van der Waals surface area contributed by atoms with Crippen molar-refractivity contribution in [1.82, 2.24) is 0 Å². The van der Waals surface area contributed by atoms with E-state index in [1.165, 1.54) is 57.8 Å². The standard InChI is InChI=1S/C19H29IO/c1-2-3-4-5-6-7-8-9-10-11-16-19(21)17-14-12-13-15-18(17)20/h12-15H,2-11,16H2,1H3. The Balaban J connectivity index is 1.99. The van der Waals surface area contributed by atoms with Crippen LogP contribution in [0.5, 0.6) is 0 Å². The van der Waals surface area contributed by atoms with Gasteiger partial charge in [0.15, 0.2) is 5.78 Å². The van der Waals surface area contributed by atoms with E-state index in [-0.39, 0.29) is 0 Å². The zero-order chi connectivity index (χ0) is 15.3. The van der Waals surface area contributed by atoms with E-state index in [0.29, 0.717) is 12.2 Å². The average Bonchev–Trinajstić information content (AvgIpc) is 2.49. The fraction of sp³-hybridized carbons (Fsp3) is 0.632. The number of unbranched alkanes of at least 4 members (excludes halogenated alkanes) is 9. The van der Waals surface area contributed by atoms with E-state index in [2.05, 4.69) is 29.5 Å². The van der Waals surface area contributed by atoms with Crippen LogP contribution in [0.2, 0.25) is 0 Å². The van der Waals surface area contributed by atoms with Crippen molar-refractivity contribution in [2.75, 3.05) is 0 Å². The summed E-state index contributed by atoms with van der Waals surface area (Å²) in [5.74, 6) is 0.305. The highest BCUT2D eigenvalue weighted by Crippen LogP contribution is 2.16. The van der Waals surface area contributed by atoms with Crippen molar-refractivity contribution >= 4 is 28.4 Å². The lowest BCUT2D eigenvalue weighted by atomic mass is 10.0. The maximum atomic E-state index is 12.1. The molecule has 0 saturated carbocycles. The van der Waals surface area contributed by atoms with Crippen LogP contribution >= 0.6 is 22.6 Å². The van der Waals surface area contributed by atoms with Gasteiger partial charge in [0.1, 0.15) is 0 Å². The molecule has 1 aromatic carbocycles. The molecule has 0 saturated heterocycles. The second kappa shape index (κ2) is 12.2. The molecule has 2 heteroatoms. The molecule has 1 aromatic rings. The van der Waals surface area contributed by atoms with Crippen molar-refractivity contribution in [3.8, 4) is 0 Å². The SMILES string of the molecule is CCCCCCCCCCCCC(=O)c1ccccc1I. The molecule has 0 fully saturated rings. The normalized spacial score (nSPS) is 10.8. The number of Topliss-reactive ketones (excluding diaryl/α,β-unsaturated/α-hetero) is 1. The first kappa shape index (κ1) is 18.7. The molecule has 0 bridgehead atoms. The Labute approximate surface area is 144 Å². The fourth-order valence-corrected chi connectivity index (χ4v) is 3.28. The Hall–Kier alpha value is -0.380. The monoisotopic (exact) mass is 400 g/mol. The fourth-order valence-electron chi connectivity index (χ4n) is 2.60. The van der Waals surface area contributed by atoms with Crippen LogP contribution in [-0.2, 0) is 0 Å². The van der Waals surface area contributed by atoms with Gasteiger partial charge in [0.2, 0.25) is 0 Å². The molecule has 0 aliphatic carbocycles. The summed E-state index contributed by atoms with van der Waals surface area (Å²) in [4.78, 5) is 12.1. The van der Waals surface area contributed by atoms with Gasteiger partial charge in [0, 0.05) is 15.6 Å². The summed E-state index contributed by atoms with van der Waals surface area (Å²) in [6, 6.07) is 7.89. The van der Waals surface area contributed by atoms with Gasteiger partial charge in [0.25, 0.3) is 0 Å². The van der Waals surface area contributed by atoms with Gasteiger partial charge >= 0.3 is 0 Å². The summed E-state index contributed by atoms with van der Waals surface area (Å²) >= 11 is 2.25. The first-order valence-corrected chi connectivity index (χ1v) is 9.61. The van der Waals surface area contributed by atoms with Gasteiger partial charge in [-0.05, 0) is 35.1 Å². The molecule has 1 nitrogen and oxygen atoms in total. The summed E-state index contributed by atoms with van der Waals surface area (Å²) in [7, 11) is 0. The molecule has 21 heavy (non-hydrogen) atoms. The number of benzene rings is 1. The van der Waals surface area contributed by atoms with Crippen LogP contribution in [-0.4, -0.2) is 5.78 Å². The van der Waals surface area contributed by atoms with Gasteiger partial charge in [0.05, 0.1) is 0 Å². The topological polar surface area (TPSA) is 17.1 Å². The number of hydrogen-bond acceptors (Lipinski definition) is 1. The molecule has 0 spiro atoms. The molecule has 0 amide bonds. The van der Waals surface area contributed by atoms with Crippen molar-refractivity contribution in [3.63, 3.8) is 0 Å². The van der Waals surface area contributed by atoms with Crippen LogP contribution in [0.4, 0.5) is 0 Å². The molecule has 0 radical (unpaired) electrons. The number of halogens is 1. The summed E-state index contributed by atoms with van der Waals surface area (Å²) in [6.07, 6.45) is 13.8. The average molecular weight is 400 g/mol. The molecule has 0 unspecified atom stereocenters. The third kappa shape index (κ3) is 8.60. The van der Waals surface area contributed by atoms with E-state index in [4.69, 9.17) is 0 Å². The van der Waals surface area contributed by atoms with Crippen molar-refractivity contribution in [2.45, 2.75) is 77.6 Å². The minimum Gasteiger partial charge on any atom is -0.294 e. The second-order valence-electron chi connectivity index (χ2n) is 5.84. The number of carbonyl (C=O) groups excluding carboxylic acids is 1. The van der Waals surface area contributed by atoms with E-state index >= 15 is 0 Å². The van der Waals surface area contributed by atoms with Gasteiger partial charge in [-0.15, -0.1) is 0 Å². The van der Waals surface area contributed by atoms with Crippen molar-refractivity contribution in [2.24, 2.45) is 0 Å². The molecule has 0 aliphatic rings. The number of hydrogen-bond donors (Lipinski definition) is 0. The highest BCUT2D eigenvalue weighted by Gasteiger charge is 2.08. The minimum atomic E-state index is 0.305. The highest BCUT2D eigenvalue weighted by atomic mass is 127. The molecule has 0 atom stereocenters. The van der Waals surface area contributed by atoms with E-state index in [1.54, 1.807) is 0 Å². The number of carbonyl (C=O) groups is 1. The van der Waals surface area contributed by atoms with Crippen LogP contribution in [0.1, 0.15) is 87.9 Å². The smallest absolute Gasteiger partial charge is 0.163 e. The van der Waals surface area contributed by atoms with Crippen molar-refractivity contribution in [3.05, 3.63) is 33.4 Å². The second-order valence-corrected chi connectivity index (χ2v) is 7.00. The van der Waals surface area contributed by atoms with Crippen LogP contribution < -0.4 is 0 Å². The Kier molecular flexibility index (Phi) is 10.8. The largest absolute Gasteiger partial charge is 0.294 e. The summed E-state index contributed by atoms with van der Waals surface area (Å²) in [6.45, 7) is 2.26. The minimum absolute atomic E-state index is 0.305. The van der Waals surface area contributed by atoms with Gasteiger partial charge in [-0.3, -0.25) is 4.79 Å². The quantitative estimate of drug-likeness (QED) is 0.215. The van der Waals surface area contributed by atoms with Crippen LogP contribution in [0.25, 0.3) is 0 Å². The first-order chi connectivity index (χ1) is 10.3. The Morgan fingerprint density at radius 1 is 0.857 bits per heavy atom. The summed E-state index contributed by atoms with van der Waals surface area (Å²) in [5.41, 5.74) is 0.897. The molecule has 0 aliphatic heterocycles. The van der Waals surface area contributed by atoms with Crippen molar-refractivity contribution in [1.29, 1.82) is 0 Å². The third-order valence-electron chi connectivity index (χ3n) is 3.93. The third-order valence-corrected chi connectivity index (χ3v) is 4.87. The molecule has 0 aromatic heterocycles. The van der Waals surface area contributed by atoms with Gasteiger partial charge in [-0.2, -0.15) is 0 Å². The highest BCUT2D eigenvalue weighted by molar-refractivity contribution is 14.1. The van der Waals surface area contributed by atoms with Crippen molar-refractivity contribution < 1.29 is 4.79 Å². The Morgan fingerprint density at radius 3 is 1.95 bits per heavy atom. The lowest BCUT2D eigenvalue weighted by Gasteiger charge is -2.04. The Morgan fingerprint density at radius 2 is 1.38 bits per heavy atom. The van der Waals surface area contributed by atoms with E-state index in [9.17, 15) is 4.79 Å². The van der Waals surface area contributed by atoms with Crippen LogP contribution in [0.3, 0.4) is 0 Å². The zero-order valence-corrected chi connectivity index (χ0v) is 15.5. The lowest BCUT2D eigenvalue weighted by molar-refractivity contribution is 0.0978. The van der Waals surface area contributed by atoms with Gasteiger partial charge in [-0.1, -0.05) is 82.9 Å². The van der Waals surface area contributed by atoms with Crippen LogP contribution in [0.15, 0.2) is 24.3 Å². The van der Waals surface area contributed by atoms with Crippen LogP contribution in [0, 0.1) is 3.57 Å². The Bertz CT molecular complexity index is 400. The molecular weight excluding hydrogens is 371 g/mol. The lowest BCUT2D eigenvalue weighted by Crippen LogP contribution is -2.01. The molecule has 0 N–H and O–H groups in total. The summed E-state index contributed by atoms with van der Waals surface area (Å²) < 4.78 is 1.08. The number of ketones is 1. The maximum absolute atomic E-state index is 12.1. The number of rotatable bonds is 12. The van der Waals surface area contributed by atoms with Gasteiger partial charge < -0.3 is 0 Å². The van der Waals surface area contributed by atoms with E-state index in [1.807, 2.05) is 24.3 Å². The molecule has 0 heterocycles. The molecule has 1 rings (SSSR count). The van der Waals surface area contributed by atoms with Gasteiger partial charge in [-0.25, -0.2) is 0 Å². The zero-order valence-electron chi connectivity index (χ0n) is 13.4. The maximum Gasteiger partial charge on any atom is 0.163 e. The molecule has 118 valence electrons.